The van der Waals surface area contributed by atoms with Gasteiger partial charge in [-0.15, -0.1) is 0 Å². The Morgan fingerprint density at radius 1 is 1.18 bits per heavy atom. The summed E-state index contributed by atoms with van der Waals surface area (Å²) in [6, 6.07) is 5.46. The van der Waals surface area contributed by atoms with Gasteiger partial charge in [-0.25, -0.2) is 9.59 Å². The molecule has 40 heavy (non-hydrogen) atoms. The fourth-order valence-corrected chi connectivity index (χ4v) is 6.48. The molecule has 1 saturated heterocycles. The quantitative estimate of drug-likeness (QED) is 0.241. The number of esters is 1. The van der Waals surface area contributed by atoms with Gasteiger partial charge in [0.15, 0.2) is 10.8 Å². The Hall–Kier alpha value is -3.35. The summed E-state index contributed by atoms with van der Waals surface area (Å²) in [5, 5.41) is 1.93. The van der Waals surface area contributed by atoms with Gasteiger partial charge >= 0.3 is 12.1 Å². The maximum absolute atomic E-state index is 13.5. The summed E-state index contributed by atoms with van der Waals surface area (Å²) >= 11 is 5.04. The molecule has 2 aliphatic rings. The van der Waals surface area contributed by atoms with Gasteiger partial charge in [-0.2, -0.15) is 0 Å². The van der Waals surface area contributed by atoms with Crippen LogP contribution in [0.5, 0.6) is 10.8 Å². The lowest BCUT2D eigenvalue weighted by Crippen LogP contribution is -2.48. The maximum Gasteiger partial charge on any atom is 0.415 e. The molecule has 0 saturated carbocycles. The first kappa shape index (κ1) is 28.2. The summed E-state index contributed by atoms with van der Waals surface area (Å²) in [5.74, 6) is -0.564. The van der Waals surface area contributed by atoms with Crippen molar-refractivity contribution in [3.05, 3.63) is 46.0 Å². The van der Waals surface area contributed by atoms with Gasteiger partial charge in [0.1, 0.15) is 0 Å². The molecule has 212 valence electrons. The van der Waals surface area contributed by atoms with Crippen LogP contribution in [-0.4, -0.2) is 92.1 Å². The number of H-pyrrole nitrogens is 1. The normalized spacial score (nSPS) is 17.5. The number of aromatic amines is 1. The predicted octanol–water partition coefficient (Wildman–Crippen LogP) is 4.62. The number of nitrogens with one attached hydrogen (secondary N) is 1. The van der Waals surface area contributed by atoms with Gasteiger partial charge in [0.05, 0.1) is 31.0 Å². The average molecular weight is 632 g/mol. The van der Waals surface area contributed by atoms with E-state index in [-0.39, 0.29) is 17.6 Å². The SMILES string of the molecule is COC(=O)c1c(C)[nH]c2c(OC(=O)N3CCN(C)CC3)cc3c(c12)[C@H](CBr)CN3C(=O)/C=C/c1ccc(OC)s1. The molecule has 0 radical (unpaired) electrons. The first-order chi connectivity index (χ1) is 19.2. The van der Waals surface area contributed by atoms with E-state index in [1.165, 1.54) is 24.5 Å². The number of aromatic nitrogens is 1. The highest BCUT2D eigenvalue weighted by atomic mass is 79.9. The number of anilines is 1. The highest BCUT2D eigenvalue weighted by Crippen LogP contribution is 2.47. The van der Waals surface area contributed by atoms with Crippen LogP contribution in [0.15, 0.2) is 24.3 Å². The Labute approximate surface area is 244 Å². The first-order valence-electron chi connectivity index (χ1n) is 12.9. The second-order valence-electron chi connectivity index (χ2n) is 9.83. The van der Waals surface area contributed by atoms with Crippen LogP contribution in [-0.2, 0) is 9.53 Å². The average Bonchev–Trinajstić information content (AvgIpc) is 3.66. The van der Waals surface area contributed by atoms with E-state index in [1.54, 1.807) is 36.0 Å². The number of hydrogen-bond donors (Lipinski definition) is 1. The van der Waals surface area contributed by atoms with E-state index >= 15 is 0 Å². The van der Waals surface area contributed by atoms with Crippen molar-refractivity contribution in [1.82, 2.24) is 14.8 Å². The van der Waals surface area contributed by atoms with Gasteiger partial charge in [0, 0.05) is 72.1 Å². The number of hydrogen-bond acceptors (Lipinski definition) is 8. The third-order valence-electron chi connectivity index (χ3n) is 7.34. The van der Waals surface area contributed by atoms with Crippen molar-refractivity contribution in [1.29, 1.82) is 0 Å². The number of alkyl halides is 1. The zero-order valence-corrected chi connectivity index (χ0v) is 25.2. The van der Waals surface area contributed by atoms with Gasteiger partial charge in [0.25, 0.3) is 5.91 Å². The lowest BCUT2D eigenvalue weighted by Gasteiger charge is -2.31. The summed E-state index contributed by atoms with van der Waals surface area (Å²) in [6.45, 7) is 4.78. The smallest absolute Gasteiger partial charge is 0.415 e. The molecule has 0 spiro atoms. The third-order valence-corrected chi connectivity index (χ3v) is 9.14. The first-order valence-corrected chi connectivity index (χ1v) is 14.8. The molecule has 3 aromatic rings. The molecule has 2 amide bonds. The number of methoxy groups -OCH3 is 2. The van der Waals surface area contributed by atoms with E-state index in [4.69, 9.17) is 14.2 Å². The summed E-state index contributed by atoms with van der Waals surface area (Å²) in [4.78, 5) is 49.3. The number of ether oxygens (including phenoxy) is 3. The standard InChI is InChI=1S/C28H31BrN4O6S/c1-16-23(27(35)38-4)25-24-17(14-29)15-33(21(34)7-5-18-6-8-22(37-3)40-18)19(24)13-20(26(25)30-16)39-28(36)32-11-9-31(2)10-12-32/h5-8,13,17,30H,9-12,14-15H2,1-4H3/b7-5+/t17-/m1/s1. The highest BCUT2D eigenvalue weighted by Gasteiger charge is 2.37. The van der Waals surface area contributed by atoms with Gasteiger partial charge in [-0.3, -0.25) is 4.79 Å². The lowest BCUT2D eigenvalue weighted by atomic mass is 9.95. The second kappa shape index (κ2) is 11.6. The van der Waals surface area contributed by atoms with Crippen LogP contribution in [0.1, 0.15) is 32.4 Å². The molecule has 0 bridgehead atoms. The molecule has 1 fully saturated rings. The van der Waals surface area contributed by atoms with Gasteiger partial charge in [-0.05, 0) is 37.7 Å². The molecule has 2 aliphatic heterocycles. The van der Waals surface area contributed by atoms with E-state index in [0.717, 1.165) is 28.6 Å². The summed E-state index contributed by atoms with van der Waals surface area (Å²) < 4.78 is 16.3. The largest absolute Gasteiger partial charge is 0.487 e. The van der Waals surface area contributed by atoms with E-state index in [1.807, 2.05) is 19.2 Å². The molecule has 1 N–H and O–H groups in total. The Bertz CT molecular complexity index is 1490. The number of amides is 2. The number of halogens is 1. The Balaban J connectivity index is 1.59. The third kappa shape index (κ3) is 5.23. The van der Waals surface area contributed by atoms with E-state index in [2.05, 4.69) is 25.8 Å². The molecule has 5 rings (SSSR count). The molecular formula is C28H31BrN4O6S. The number of aryl methyl sites for hydroxylation is 1. The zero-order valence-electron chi connectivity index (χ0n) is 22.8. The molecule has 12 heteroatoms. The molecule has 10 nitrogen and oxygen atoms in total. The summed E-state index contributed by atoms with van der Waals surface area (Å²) in [7, 11) is 4.95. The second-order valence-corrected chi connectivity index (χ2v) is 11.6. The fourth-order valence-electron chi connectivity index (χ4n) is 5.22. The molecule has 2 aromatic heterocycles. The number of carbonyl (C=O) groups excluding carboxylic acids is 3. The van der Waals surface area contributed by atoms with Crippen LogP contribution in [0.2, 0.25) is 0 Å². The number of rotatable bonds is 6. The van der Waals surface area contributed by atoms with Gasteiger partial charge in [-0.1, -0.05) is 27.3 Å². The van der Waals surface area contributed by atoms with Crippen LogP contribution < -0.4 is 14.4 Å². The minimum atomic E-state index is -0.502. The zero-order chi connectivity index (χ0) is 28.6. The van der Waals surface area contributed by atoms with Crippen molar-refractivity contribution >= 4 is 67.9 Å². The Kier molecular flexibility index (Phi) is 8.20. The molecule has 1 aromatic carbocycles. The van der Waals surface area contributed by atoms with E-state index in [9.17, 15) is 14.4 Å². The van der Waals surface area contributed by atoms with Gasteiger partial charge < -0.3 is 33.9 Å². The predicted molar refractivity (Wildman–Crippen MR) is 158 cm³/mol. The molecular weight excluding hydrogens is 600 g/mol. The fraction of sp³-hybridized carbons (Fsp3) is 0.393. The van der Waals surface area contributed by atoms with E-state index < -0.39 is 12.1 Å². The molecule has 4 heterocycles. The Morgan fingerprint density at radius 3 is 2.58 bits per heavy atom. The molecule has 0 aliphatic carbocycles. The van der Waals surface area contributed by atoms with Crippen molar-refractivity contribution in [2.75, 3.05) is 64.2 Å². The van der Waals surface area contributed by atoms with Crippen LogP contribution in [0, 0.1) is 6.92 Å². The van der Waals surface area contributed by atoms with E-state index in [0.29, 0.717) is 52.8 Å². The van der Waals surface area contributed by atoms with Crippen molar-refractivity contribution in [2.24, 2.45) is 0 Å². The van der Waals surface area contributed by atoms with Crippen LogP contribution in [0.25, 0.3) is 17.0 Å². The molecule has 0 unspecified atom stereocenters. The number of carbonyl (C=O) groups is 3. The Morgan fingerprint density at radius 2 is 1.93 bits per heavy atom. The van der Waals surface area contributed by atoms with Crippen LogP contribution in [0.4, 0.5) is 10.5 Å². The number of benzene rings is 1. The lowest BCUT2D eigenvalue weighted by molar-refractivity contribution is -0.114. The topological polar surface area (TPSA) is 104 Å². The van der Waals surface area contributed by atoms with Crippen molar-refractivity contribution in [2.45, 2.75) is 12.8 Å². The van der Waals surface area contributed by atoms with Crippen molar-refractivity contribution in [3.8, 4) is 10.8 Å². The highest BCUT2D eigenvalue weighted by molar-refractivity contribution is 9.09. The monoisotopic (exact) mass is 630 g/mol. The minimum absolute atomic E-state index is 0.0994. The minimum Gasteiger partial charge on any atom is -0.487 e. The molecule has 1 atom stereocenters. The number of piperazine rings is 1. The number of thiophene rings is 1. The van der Waals surface area contributed by atoms with Crippen LogP contribution in [0.3, 0.4) is 0 Å². The van der Waals surface area contributed by atoms with Gasteiger partial charge in [0.2, 0.25) is 0 Å². The number of fused-ring (bicyclic) bond motifs is 3. The number of nitrogens with zero attached hydrogens (tertiary/aromatic N) is 3. The van der Waals surface area contributed by atoms with Crippen LogP contribution >= 0.6 is 27.3 Å². The maximum atomic E-state index is 13.5. The summed E-state index contributed by atoms with van der Waals surface area (Å²) in [6.07, 6.45) is 2.81. The summed E-state index contributed by atoms with van der Waals surface area (Å²) in [5.41, 5.74) is 2.92. The van der Waals surface area contributed by atoms with Crippen molar-refractivity contribution in [3.63, 3.8) is 0 Å². The van der Waals surface area contributed by atoms with Crippen molar-refractivity contribution < 1.29 is 28.6 Å². The number of likely N-dealkylation sites (N-methyl/N-ethyl adjacent to an activating group) is 1.